The van der Waals surface area contributed by atoms with Crippen molar-refractivity contribution in [2.24, 2.45) is 0 Å². The number of anilines is 1. The predicted molar refractivity (Wildman–Crippen MR) is 77.3 cm³/mol. The Balaban J connectivity index is 1.79. The number of halogens is 6. The zero-order chi connectivity index (χ0) is 18.2. The number of nitrogens with zero attached hydrogens (tertiary/aromatic N) is 3. The van der Waals surface area contributed by atoms with Gasteiger partial charge in [-0.25, -0.2) is 0 Å². The van der Waals surface area contributed by atoms with E-state index in [0.717, 1.165) is 12.1 Å². The molecule has 0 radical (unpaired) electrons. The zero-order valence-electron chi connectivity index (χ0n) is 12.4. The predicted octanol–water partition coefficient (Wildman–Crippen LogP) is 4.15. The molecule has 1 atom stereocenters. The van der Waals surface area contributed by atoms with Crippen molar-refractivity contribution in [2.75, 3.05) is 24.6 Å². The number of hydrogen-bond donors (Lipinski definition) is 0. The van der Waals surface area contributed by atoms with Crippen molar-refractivity contribution in [1.29, 1.82) is 0 Å². The number of hydrogen-bond acceptors (Lipinski definition) is 5. The van der Waals surface area contributed by atoms with Gasteiger partial charge in [0.05, 0.1) is 18.7 Å². The minimum Gasteiger partial charge on any atom is -0.370 e. The van der Waals surface area contributed by atoms with Crippen molar-refractivity contribution in [3.63, 3.8) is 0 Å². The minimum atomic E-state index is -4.58. The van der Waals surface area contributed by atoms with Gasteiger partial charge in [0, 0.05) is 6.54 Å². The SMILES string of the molecule is FC(F)(F)c1cccc(C2CN(c3nnc(C(F)(F)F)s3)CCO2)c1. The summed E-state index contributed by atoms with van der Waals surface area (Å²) in [5, 5.41) is 5.65. The number of alkyl halides is 6. The van der Waals surface area contributed by atoms with Crippen LogP contribution >= 0.6 is 11.3 Å². The molecule has 0 spiro atoms. The first-order valence-electron chi connectivity index (χ1n) is 7.09. The standard InChI is InChI=1S/C14H11F6N3OS/c15-13(16,17)9-3-1-2-8(6-9)10-7-23(4-5-24-10)12-22-21-11(25-12)14(18,19)20/h1-3,6,10H,4-5,7H2. The Morgan fingerprint density at radius 2 is 1.84 bits per heavy atom. The van der Waals surface area contributed by atoms with Crippen LogP contribution in [-0.4, -0.2) is 29.9 Å². The number of aromatic nitrogens is 2. The van der Waals surface area contributed by atoms with Gasteiger partial charge < -0.3 is 9.64 Å². The third-order valence-electron chi connectivity index (χ3n) is 3.58. The molecule has 1 aromatic carbocycles. The van der Waals surface area contributed by atoms with Gasteiger partial charge in [-0.3, -0.25) is 0 Å². The van der Waals surface area contributed by atoms with E-state index < -0.39 is 29.0 Å². The van der Waals surface area contributed by atoms with E-state index in [0.29, 0.717) is 16.9 Å². The molecule has 1 unspecified atom stereocenters. The first-order valence-corrected chi connectivity index (χ1v) is 7.90. The van der Waals surface area contributed by atoms with Crippen LogP contribution < -0.4 is 4.90 Å². The van der Waals surface area contributed by atoms with E-state index in [9.17, 15) is 26.3 Å². The maximum atomic E-state index is 12.8. The van der Waals surface area contributed by atoms with Crippen molar-refractivity contribution < 1.29 is 31.1 Å². The second kappa shape index (κ2) is 6.45. The van der Waals surface area contributed by atoms with Gasteiger partial charge >= 0.3 is 12.4 Å². The molecule has 2 heterocycles. The summed E-state index contributed by atoms with van der Waals surface area (Å²) in [6.45, 7) is 0.525. The van der Waals surface area contributed by atoms with Crippen LogP contribution in [0.25, 0.3) is 0 Å². The third kappa shape index (κ3) is 4.03. The van der Waals surface area contributed by atoms with Crippen LogP contribution in [0.3, 0.4) is 0 Å². The van der Waals surface area contributed by atoms with Crippen molar-refractivity contribution in [3.8, 4) is 0 Å². The lowest BCUT2D eigenvalue weighted by atomic mass is 10.0. The highest BCUT2D eigenvalue weighted by atomic mass is 32.1. The van der Waals surface area contributed by atoms with Gasteiger partial charge in [0.2, 0.25) is 10.1 Å². The average molecular weight is 383 g/mol. The van der Waals surface area contributed by atoms with Crippen LogP contribution in [0.1, 0.15) is 22.2 Å². The highest BCUT2D eigenvalue weighted by Crippen LogP contribution is 2.36. The molecule has 1 aliphatic rings. The molecule has 0 N–H and O–H groups in total. The van der Waals surface area contributed by atoms with Crippen molar-refractivity contribution in [1.82, 2.24) is 10.2 Å². The summed E-state index contributed by atoms with van der Waals surface area (Å²) >= 11 is 0.394. The van der Waals surface area contributed by atoms with E-state index >= 15 is 0 Å². The molecule has 1 aliphatic heterocycles. The largest absolute Gasteiger partial charge is 0.445 e. The van der Waals surface area contributed by atoms with E-state index in [1.54, 1.807) is 0 Å². The topological polar surface area (TPSA) is 38.2 Å². The molecule has 0 aliphatic carbocycles. The Morgan fingerprint density at radius 3 is 2.48 bits per heavy atom. The molecule has 11 heteroatoms. The first-order chi connectivity index (χ1) is 11.6. The second-order valence-corrected chi connectivity index (χ2v) is 6.27. The molecule has 0 saturated carbocycles. The Bertz CT molecular complexity index is 745. The molecule has 25 heavy (non-hydrogen) atoms. The first kappa shape index (κ1) is 17.9. The van der Waals surface area contributed by atoms with Crippen LogP contribution in [0, 0.1) is 0 Å². The summed E-state index contributed by atoms with van der Waals surface area (Å²) in [4.78, 5) is 1.53. The summed E-state index contributed by atoms with van der Waals surface area (Å²) in [6, 6.07) is 4.69. The molecular weight excluding hydrogens is 372 g/mol. The van der Waals surface area contributed by atoms with E-state index in [1.807, 2.05) is 0 Å². The summed E-state index contributed by atoms with van der Waals surface area (Å²) in [6.07, 6.45) is -9.76. The molecule has 4 nitrogen and oxygen atoms in total. The normalized spacial score (nSPS) is 19.3. The number of rotatable bonds is 2. The molecule has 0 amide bonds. The van der Waals surface area contributed by atoms with E-state index in [4.69, 9.17) is 4.74 Å². The summed E-state index contributed by atoms with van der Waals surface area (Å²) in [7, 11) is 0. The molecule has 3 rings (SSSR count). The van der Waals surface area contributed by atoms with Crippen LogP contribution in [0.5, 0.6) is 0 Å². The maximum absolute atomic E-state index is 12.8. The molecule has 1 saturated heterocycles. The molecule has 1 aromatic heterocycles. The molecule has 0 bridgehead atoms. The number of benzene rings is 1. The van der Waals surface area contributed by atoms with E-state index in [2.05, 4.69) is 10.2 Å². The lowest BCUT2D eigenvalue weighted by molar-refractivity contribution is -0.138. The molecule has 1 fully saturated rings. The quantitative estimate of drug-likeness (QED) is 0.731. The summed E-state index contributed by atoms with van der Waals surface area (Å²) in [5.74, 6) is 0. The Morgan fingerprint density at radius 1 is 1.08 bits per heavy atom. The lowest BCUT2D eigenvalue weighted by Gasteiger charge is -2.32. The summed E-state index contributed by atoms with van der Waals surface area (Å²) in [5.41, 5.74) is -0.499. The van der Waals surface area contributed by atoms with Gasteiger partial charge in [0.25, 0.3) is 0 Å². The number of ether oxygens (including phenoxy) is 1. The van der Waals surface area contributed by atoms with Gasteiger partial charge in [-0.05, 0) is 17.7 Å². The molecule has 2 aromatic rings. The van der Waals surface area contributed by atoms with Crippen molar-refractivity contribution >= 4 is 16.5 Å². The van der Waals surface area contributed by atoms with E-state index in [-0.39, 0.29) is 24.8 Å². The van der Waals surface area contributed by atoms with Gasteiger partial charge in [-0.2, -0.15) is 26.3 Å². The lowest BCUT2D eigenvalue weighted by Crippen LogP contribution is -2.38. The minimum absolute atomic E-state index is 0.0626. The fourth-order valence-corrected chi connectivity index (χ4v) is 3.14. The highest BCUT2D eigenvalue weighted by molar-refractivity contribution is 7.15. The zero-order valence-corrected chi connectivity index (χ0v) is 13.3. The van der Waals surface area contributed by atoms with Crippen LogP contribution in [0.2, 0.25) is 0 Å². The molecule has 136 valence electrons. The third-order valence-corrected chi connectivity index (χ3v) is 4.61. The maximum Gasteiger partial charge on any atom is 0.445 e. The Hall–Kier alpha value is -1.88. The van der Waals surface area contributed by atoms with Crippen LogP contribution in [-0.2, 0) is 17.1 Å². The summed E-state index contributed by atoms with van der Waals surface area (Å²) < 4.78 is 81.8. The van der Waals surface area contributed by atoms with Crippen molar-refractivity contribution in [2.45, 2.75) is 18.5 Å². The van der Waals surface area contributed by atoms with Crippen LogP contribution in [0.4, 0.5) is 31.5 Å². The Kier molecular flexibility index (Phi) is 4.62. The second-order valence-electron chi connectivity index (χ2n) is 5.32. The monoisotopic (exact) mass is 383 g/mol. The van der Waals surface area contributed by atoms with Crippen LogP contribution in [0.15, 0.2) is 24.3 Å². The number of morpholine rings is 1. The van der Waals surface area contributed by atoms with Gasteiger partial charge in [-0.1, -0.05) is 23.5 Å². The van der Waals surface area contributed by atoms with Crippen molar-refractivity contribution in [3.05, 3.63) is 40.4 Å². The smallest absolute Gasteiger partial charge is 0.370 e. The van der Waals surface area contributed by atoms with Gasteiger partial charge in [0.1, 0.15) is 6.10 Å². The molecular formula is C14H11F6N3OS. The highest BCUT2D eigenvalue weighted by Gasteiger charge is 2.37. The van der Waals surface area contributed by atoms with Gasteiger partial charge in [0.15, 0.2) is 0 Å². The fraction of sp³-hybridized carbons (Fsp3) is 0.429. The van der Waals surface area contributed by atoms with Gasteiger partial charge in [-0.15, -0.1) is 10.2 Å². The average Bonchev–Trinajstić information content (AvgIpc) is 3.05. The fourth-order valence-electron chi connectivity index (χ4n) is 2.40. The van der Waals surface area contributed by atoms with E-state index in [1.165, 1.54) is 17.0 Å². The Labute approximate surface area is 142 Å².